The molecule has 1 fully saturated rings. The second-order valence-electron chi connectivity index (χ2n) is 8.45. The molecular weight excluding hydrogens is 372 g/mol. The number of nitrogens with one attached hydrogen (secondary N) is 1. The molecule has 4 nitrogen and oxygen atoms in total. The van der Waals surface area contributed by atoms with Crippen LogP contribution in [0.1, 0.15) is 35.7 Å². The number of nitrogens with zero attached hydrogens (tertiary/aromatic N) is 1. The van der Waals surface area contributed by atoms with E-state index in [0.717, 1.165) is 18.4 Å². The SMILES string of the molecule is CC1(c2ccccc2)CCN(C(=O)c2cccc3c(=O)c4ccccc4[nH]c23)CC1. The third-order valence-electron chi connectivity index (χ3n) is 6.60. The number of likely N-dealkylation sites (tertiary alicyclic amines) is 1. The van der Waals surface area contributed by atoms with Gasteiger partial charge in [-0.1, -0.05) is 55.5 Å². The van der Waals surface area contributed by atoms with Gasteiger partial charge in [-0.15, -0.1) is 0 Å². The van der Waals surface area contributed by atoms with Crippen LogP contribution in [0.2, 0.25) is 0 Å². The van der Waals surface area contributed by atoms with E-state index in [2.05, 4.69) is 36.2 Å². The topological polar surface area (TPSA) is 53.2 Å². The monoisotopic (exact) mass is 396 g/mol. The van der Waals surface area contributed by atoms with Crippen molar-refractivity contribution >= 4 is 27.7 Å². The quantitative estimate of drug-likeness (QED) is 0.491. The summed E-state index contributed by atoms with van der Waals surface area (Å²) < 4.78 is 0. The minimum absolute atomic E-state index is 0.0124. The molecule has 0 spiro atoms. The molecule has 1 aliphatic heterocycles. The normalized spacial score (nSPS) is 16.1. The number of para-hydroxylation sites is 2. The van der Waals surface area contributed by atoms with Crippen molar-refractivity contribution in [1.29, 1.82) is 0 Å². The molecule has 1 N–H and O–H groups in total. The zero-order valence-electron chi connectivity index (χ0n) is 17.0. The fourth-order valence-corrected chi connectivity index (χ4v) is 4.63. The predicted molar refractivity (Wildman–Crippen MR) is 121 cm³/mol. The van der Waals surface area contributed by atoms with Gasteiger partial charge in [-0.05, 0) is 48.1 Å². The molecule has 4 heteroatoms. The Morgan fingerprint density at radius 2 is 1.53 bits per heavy atom. The molecule has 1 aromatic heterocycles. The number of H-pyrrole nitrogens is 1. The second-order valence-corrected chi connectivity index (χ2v) is 8.45. The standard InChI is InChI=1S/C26H24N2O2/c1-26(18-8-3-2-4-9-18)14-16-28(17-15-26)25(30)21-12-7-11-20-23(21)27-22-13-6-5-10-19(22)24(20)29/h2-13H,14-17H2,1H3,(H,27,29). The van der Waals surface area contributed by atoms with Gasteiger partial charge >= 0.3 is 0 Å². The molecule has 0 bridgehead atoms. The average molecular weight is 396 g/mol. The Morgan fingerprint density at radius 1 is 0.867 bits per heavy atom. The summed E-state index contributed by atoms with van der Waals surface area (Å²) in [4.78, 5) is 31.6. The van der Waals surface area contributed by atoms with Gasteiger partial charge < -0.3 is 9.88 Å². The van der Waals surface area contributed by atoms with Gasteiger partial charge in [0, 0.05) is 29.4 Å². The number of carbonyl (C=O) groups excluding carboxylic acids is 1. The summed E-state index contributed by atoms with van der Waals surface area (Å²) in [5, 5.41) is 1.21. The number of rotatable bonds is 2. The van der Waals surface area contributed by atoms with Crippen molar-refractivity contribution in [1.82, 2.24) is 9.88 Å². The highest BCUT2D eigenvalue weighted by Gasteiger charge is 2.33. The van der Waals surface area contributed by atoms with E-state index in [1.807, 2.05) is 41.3 Å². The van der Waals surface area contributed by atoms with Crippen molar-refractivity contribution < 1.29 is 4.79 Å². The van der Waals surface area contributed by atoms with Gasteiger partial charge in [0.05, 0.1) is 11.1 Å². The highest BCUT2D eigenvalue weighted by atomic mass is 16.2. The molecular formula is C26H24N2O2. The van der Waals surface area contributed by atoms with Crippen molar-refractivity contribution in [3.63, 3.8) is 0 Å². The van der Waals surface area contributed by atoms with Crippen LogP contribution in [0, 0.1) is 0 Å². The highest BCUT2D eigenvalue weighted by Crippen LogP contribution is 2.35. The molecule has 0 unspecified atom stereocenters. The van der Waals surface area contributed by atoms with Crippen LogP contribution in [-0.2, 0) is 5.41 Å². The Kier molecular flexibility index (Phi) is 4.43. The van der Waals surface area contributed by atoms with Gasteiger partial charge in [0.25, 0.3) is 5.91 Å². The van der Waals surface area contributed by atoms with Crippen LogP contribution in [0.3, 0.4) is 0 Å². The summed E-state index contributed by atoms with van der Waals surface area (Å²) >= 11 is 0. The van der Waals surface area contributed by atoms with E-state index in [0.29, 0.717) is 34.9 Å². The minimum Gasteiger partial charge on any atom is -0.354 e. The van der Waals surface area contributed by atoms with Crippen LogP contribution in [0.15, 0.2) is 77.6 Å². The van der Waals surface area contributed by atoms with Crippen LogP contribution in [0.25, 0.3) is 21.8 Å². The number of carbonyl (C=O) groups is 1. The van der Waals surface area contributed by atoms with E-state index < -0.39 is 0 Å². The van der Waals surface area contributed by atoms with Crippen LogP contribution in [0.4, 0.5) is 0 Å². The molecule has 1 amide bonds. The van der Waals surface area contributed by atoms with Gasteiger partial charge in [0.15, 0.2) is 5.43 Å². The first kappa shape index (κ1) is 18.6. The average Bonchev–Trinajstić information content (AvgIpc) is 2.80. The summed E-state index contributed by atoms with van der Waals surface area (Å²) in [6, 6.07) is 23.4. The maximum atomic E-state index is 13.4. The molecule has 0 saturated carbocycles. The Morgan fingerprint density at radius 3 is 2.30 bits per heavy atom. The number of piperidine rings is 1. The van der Waals surface area contributed by atoms with E-state index in [4.69, 9.17) is 0 Å². The fourth-order valence-electron chi connectivity index (χ4n) is 4.63. The van der Waals surface area contributed by atoms with E-state index in [1.165, 1.54) is 5.56 Å². The first-order valence-electron chi connectivity index (χ1n) is 10.5. The number of amides is 1. The van der Waals surface area contributed by atoms with E-state index in [-0.39, 0.29) is 16.8 Å². The third-order valence-corrected chi connectivity index (χ3v) is 6.60. The number of aromatic nitrogens is 1. The minimum atomic E-state index is -0.0377. The molecule has 1 saturated heterocycles. The molecule has 150 valence electrons. The van der Waals surface area contributed by atoms with Crippen LogP contribution in [0.5, 0.6) is 0 Å². The van der Waals surface area contributed by atoms with Gasteiger partial charge in [0.1, 0.15) is 0 Å². The van der Waals surface area contributed by atoms with E-state index in [9.17, 15) is 9.59 Å². The molecule has 2 heterocycles. The smallest absolute Gasteiger partial charge is 0.255 e. The number of benzene rings is 3. The Labute approximate surface area is 175 Å². The molecule has 30 heavy (non-hydrogen) atoms. The van der Waals surface area contributed by atoms with Crippen molar-refractivity contribution in [2.24, 2.45) is 0 Å². The van der Waals surface area contributed by atoms with Gasteiger partial charge in [-0.2, -0.15) is 0 Å². The van der Waals surface area contributed by atoms with Gasteiger partial charge in [-0.25, -0.2) is 0 Å². The molecule has 1 aliphatic rings. The van der Waals surface area contributed by atoms with Crippen LogP contribution < -0.4 is 5.43 Å². The lowest BCUT2D eigenvalue weighted by molar-refractivity contribution is 0.0678. The summed E-state index contributed by atoms with van der Waals surface area (Å²) in [5.41, 5.74) is 3.33. The van der Waals surface area contributed by atoms with E-state index >= 15 is 0 Å². The van der Waals surface area contributed by atoms with Crippen molar-refractivity contribution in [3.8, 4) is 0 Å². The Balaban J connectivity index is 1.48. The lowest BCUT2D eigenvalue weighted by Crippen LogP contribution is -2.44. The maximum Gasteiger partial charge on any atom is 0.255 e. The Hall–Kier alpha value is -3.40. The third kappa shape index (κ3) is 3.00. The molecule has 4 aromatic rings. The van der Waals surface area contributed by atoms with Crippen molar-refractivity contribution in [2.75, 3.05) is 13.1 Å². The lowest BCUT2D eigenvalue weighted by atomic mass is 9.74. The summed E-state index contributed by atoms with van der Waals surface area (Å²) in [5.74, 6) is -0.0124. The van der Waals surface area contributed by atoms with E-state index in [1.54, 1.807) is 12.1 Å². The van der Waals surface area contributed by atoms with Crippen molar-refractivity contribution in [2.45, 2.75) is 25.2 Å². The molecule has 0 atom stereocenters. The zero-order chi connectivity index (χ0) is 20.7. The molecule has 3 aromatic carbocycles. The highest BCUT2D eigenvalue weighted by molar-refractivity contribution is 6.07. The largest absolute Gasteiger partial charge is 0.354 e. The van der Waals surface area contributed by atoms with Gasteiger partial charge in [-0.3, -0.25) is 9.59 Å². The number of fused-ring (bicyclic) bond motifs is 2. The van der Waals surface area contributed by atoms with Crippen LogP contribution >= 0.6 is 0 Å². The second kappa shape index (κ2) is 7.13. The first-order valence-corrected chi connectivity index (χ1v) is 10.5. The van der Waals surface area contributed by atoms with Crippen LogP contribution in [-0.4, -0.2) is 28.9 Å². The number of hydrogen-bond acceptors (Lipinski definition) is 2. The summed E-state index contributed by atoms with van der Waals surface area (Å²) in [6.45, 7) is 3.70. The zero-order valence-corrected chi connectivity index (χ0v) is 17.0. The predicted octanol–water partition coefficient (Wildman–Crippen LogP) is 4.88. The molecule has 5 rings (SSSR count). The number of aromatic amines is 1. The summed E-state index contributed by atoms with van der Waals surface area (Å²) in [6.07, 6.45) is 1.85. The number of hydrogen-bond donors (Lipinski definition) is 1. The van der Waals surface area contributed by atoms with Gasteiger partial charge in [0.2, 0.25) is 0 Å². The summed E-state index contributed by atoms with van der Waals surface area (Å²) in [7, 11) is 0. The molecule has 0 aliphatic carbocycles. The maximum absolute atomic E-state index is 13.4. The molecule has 0 radical (unpaired) electrons. The number of pyridine rings is 1. The first-order chi connectivity index (χ1) is 14.6. The fraction of sp³-hybridized carbons (Fsp3) is 0.231. The Bertz CT molecular complexity index is 1300. The van der Waals surface area contributed by atoms with Crippen molar-refractivity contribution in [3.05, 3.63) is 94.1 Å². The lowest BCUT2D eigenvalue weighted by Gasteiger charge is -2.40.